The van der Waals surface area contributed by atoms with Gasteiger partial charge in [0.05, 0.1) is 6.42 Å². The van der Waals surface area contributed by atoms with Gasteiger partial charge in [-0.2, -0.15) is 0 Å². The zero-order valence-corrected chi connectivity index (χ0v) is 14.4. The van der Waals surface area contributed by atoms with Crippen molar-refractivity contribution in [3.05, 3.63) is 71.8 Å². The Bertz CT molecular complexity index is 700. The maximum absolute atomic E-state index is 7.75. The fraction of sp³-hybridized carbons (Fsp3) is 0.167. The first-order valence-electron chi connectivity index (χ1n) is 6.88. The summed E-state index contributed by atoms with van der Waals surface area (Å²) in [6, 6.07) is 19.1. The third-order valence-electron chi connectivity index (χ3n) is 2.98. The van der Waals surface area contributed by atoms with E-state index in [0.29, 0.717) is 6.42 Å². The first-order chi connectivity index (χ1) is 11.0. The van der Waals surface area contributed by atoms with Gasteiger partial charge in [0, 0.05) is 5.56 Å². The molecular weight excluding hydrogens is 353 g/mol. The first-order valence-corrected chi connectivity index (χ1v) is 8.01. The fourth-order valence-electron chi connectivity index (χ4n) is 1.87. The first kappa shape index (κ1) is 17.7. The quantitative estimate of drug-likeness (QED) is 0.329. The van der Waals surface area contributed by atoms with Crippen molar-refractivity contribution in [2.45, 2.75) is 16.3 Å². The molecule has 2 rings (SSSR count). The Hall–Kier alpha value is -1.66. The van der Waals surface area contributed by atoms with E-state index in [-0.39, 0.29) is 0 Å². The monoisotopic (exact) mass is 365 g/mol. The molecule has 0 fully saturated rings. The van der Waals surface area contributed by atoms with Gasteiger partial charge in [0.2, 0.25) is 5.90 Å². The fourth-order valence-corrected chi connectivity index (χ4v) is 2.01. The highest BCUT2D eigenvalue weighted by Crippen LogP contribution is 2.31. The third-order valence-corrected chi connectivity index (χ3v) is 3.50. The SMILES string of the molecule is N=C(OC(CC#Cc1ccccc1)c1ccccc1)C(Cl)(Cl)Cl. The van der Waals surface area contributed by atoms with Crippen molar-refractivity contribution < 1.29 is 4.74 Å². The Labute approximate surface area is 150 Å². The molecule has 0 aliphatic rings. The van der Waals surface area contributed by atoms with Gasteiger partial charge in [0.1, 0.15) is 6.10 Å². The number of halogens is 3. The van der Waals surface area contributed by atoms with E-state index in [2.05, 4.69) is 11.8 Å². The molecular formula is C18H14Cl3NO. The second-order valence-electron chi connectivity index (χ2n) is 4.72. The van der Waals surface area contributed by atoms with Gasteiger partial charge < -0.3 is 4.74 Å². The van der Waals surface area contributed by atoms with Crippen LogP contribution in [0.15, 0.2) is 60.7 Å². The number of ether oxygens (including phenoxy) is 1. The van der Waals surface area contributed by atoms with Gasteiger partial charge in [0.25, 0.3) is 3.79 Å². The van der Waals surface area contributed by atoms with Crippen molar-refractivity contribution in [1.29, 1.82) is 5.41 Å². The van der Waals surface area contributed by atoms with E-state index < -0.39 is 15.8 Å². The van der Waals surface area contributed by atoms with Crippen LogP contribution in [0.3, 0.4) is 0 Å². The molecule has 0 radical (unpaired) electrons. The normalized spacial score (nSPS) is 12.0. The maximum Gasteiger partial charge on any atom is 0.265 e. The van der Waals surface area contributed by atoms with Crippen LogP contribution < -0.4 is 0 Å². The summed E-state index contributed by atoms with van der Waals surface area (Å²) in [5.74, 6) is 5.69. The highest BCUT2D eigenvalue weighted by atomic mass is 35.6. The van der Waals surface area contributed by atoms with E-state index in [1.165, 1.54) is 0 Å². The van der Waals surface area contributed by atoms with Gasteiger partial charge >= 0.3 is 0 Å². The van der Waals surface area contributed by atoms with Crippen LogP contribution in [-0.4, -0.2) is 9.69 Å². The molecule has 0 spiro atoms. The van der Waals surface area contributed by atoms with Gasteiger partial charge in [-0.15, -0.1) is 0 Å². The summed E-state index contributed by atoms with van der Waals surface area (Å²) in [6.07, 6.45) is -0.0993. The van der Waals surface area contributed by atoms with Crippen LogP contribution in [0.2, 0.25) is 0 Å². The second kappa shape index (κ2) is 8.26. The minimum Gasteiger partial charge on any atom is -0.469 e. The molecule has 2 nitrogen and oxygen atoms in total. The Morgan fingerprint density at radius 2 is 1.57 bits per heavy atom. The zero-order chi connectivity index (χ0) is 16.7. The number of rotatable bonds is 3. The summed E-state index contributed by atoms with van der Waals surface area (Å²) in [6.45, 7) is 0. The summed E-state index contributed by atoms with van der Waals surface area (Å²) < 4.78 is 3.63. The van der Waals surface area contributed by atoms with Gasteiger partial charge in [-0.3, -0.25) is 5.41 Å². The van der Waals surface area contributed by atoms with Crippen molar-refractivity contribution in [3.63, 3.8) is 0 Å². The summed E-state index contributed by atoms with van der Waals surface area (Å²) in [7, 11) is 0. The highest BCUT2D eigenvalue weighted by Gasteiger charge is 2.31. The van der Waals surface area contributed by atoms with Crippen molar-refractivity contribution in [3.8, 4) is 11.8 Å². The average molecular weight is 367 g/mol. The van der Waals surface area contributed by atoms with E-state index in [9.17, 15) is 0 Å². The van der Waals surface area contributed by atoms with Crippen LogP contribution in [0.4, 0.5) is 0 Å². The lowest BCUT2D eigenvalue weighted by Crippen LogP contribution is -2.23. The summed E-state index contributed by atoms with van der Waals surface area (Å²) >= 11 is 17.1. The number of benzene rings is 2. The summed E-state index contributed by atoms with van der Waals surface area (Å²) in [5, 5.41) is 7.75. The van der Waals surface area contributed by atoms with Gasteiger partial charge in [0.15, 0.2) is 0 Å². The standard InChI is InChI=1S/C18H14Cl3NO/c19-18(20,21)17(22)23-16(15-11-5-2-6-12-15)13-7-10-14-8-3-1-4-9-14/h1-6,8-9,11-12,16,22H,13H2. The van der Waals surface area contributed by atoms with E-state index in [4.69, 9.17) is 44.9 Å². The van der Waals surface area contributed by atoms with E-state index in [1.54, 1.807) is 0 Å². The van der Waals surface area contributed by atoms with Crippen molar-refractivity contribution in [1.82, 2.24) is 0 Å². The smallest absolute Gasteiger partial charge is 0.265 e. The molecule has 23 heavy (non-hydrogen) atoms. The minimum absolute atomic E-state index is 0.377. The molecule has 2 aromatic rings. The number of hydrogen-bond donors (Lipinski definition) is 1. The van der Waals surface area contributed by atoms with Crippen molar-refractivity contribution in [2.24, 2.45) is 0 Å². The summed E-state index contributed by atoms with van der Waals surface area (Å²) in [4.78, 5) is 0. The van der Waals surface area contributed by atoms with E-state index >= 15 is 0 Å². The molecule has 1 N–H and O–H groups in total. The molecule has 0 heterocycles. The second-order valence-corrected chi connectivity index (χ2v) is 7.00. The zero-order valence-electron chi connectivity index (χ0n) is 12.1. The predicted octanol–water partition coefficient (Wildman–Crippen LogP) is 5.53. The molecule has 2 aromatic carbocycles. The lowest BCUT2D eigenvalue weighted by Gasteiger charge is -2.21. The van der Waals surface area contributed by atoms with Crippen molar-refractivity contribution in [2.75, 3.05) is 0 Å². The lowest BCUT2D eigenvalue weighted by molar-refractivity contribution is 0.191. The third kappa shape index (κ3) is 5.80. The van der Waals surface area contributed by atoms with Crippen molar-refractivity contribution >= 4 is 40.7 Å². The van der Waals surface area contributed by atoms with Crippen LogP contribution in [-0.2, 0) is 4.74 Å². The molecule has 1 atom stereocenters. The lowest BCUT2D eigenvalue weighted by atomic mass is 10.1. The van der Waals surface area contributed by atoms with Gasteiger partial charge in [-0.25, -0.2) is 0 Å². The molecule has 0 aromatic heterocycles. The highest BCUT2D eigenvalue weighted by molar-refractivity contribution is 6.76. The minimum atomic E-state index is -1.89. The number of alkyl halides is 3. The Morgan fingerprint density at radius 1 is 1.00 bits per heavy atom. The molecule has 0 saturated heterocycles. The van der Waals surface area contributed by atoms with Gasteiger partial charge in [-0.05, 0) is 17.7 Å². The molecule has 0 saturated carbocycles. The number of hydrogen-bond acceptors (Lipinski definition) is 2. The van der Waals surface area contributed by atoms with Crippen LogP contribution in [0.1, 0.15) is 23.7 Å². The van der Waals surface area contributed by atoms with Crippen LogP contribution >= 0.6 is 34.8 Å². The number of nitrogens with one attached hydrogen (secondary N) is 1. The van der Waals surface area contributed by atoms with E-state index in [0.717, 1.165) is 11.1 Å². The Balaban J connectivity index is 2.15. The Kier molecular flexibility index (Phi) is 6.36. The van der Waals surface area contributed by atoms with Gasteiger partial charge in [-0.1, -0.05) is 95.2 Å². The molecule has 0 aliphatic heterocycles. The predicted molar refractivity (Wildman–Crippen MR) is 96.2 cm³/mol. The molecule has 0 amide bonds. The van der Waals surface area contributed by atoms with Crippen LogP contribution in [0.5, 0.6) is 0 Å². The van der Waals surface area contributed by atoms with Crippen LogP contribution in [0, 0.1) is 17.3 Å². The molecule has 5 heteroatoms. The largest absolute Gasteiger partial charge is 0.469 e. The molecule has 0 aliphatic carbocycles. The molecule has 1 unspecified atom stereocenters. The Morgan fingerprint density at radius 3 is 2.13 bits per heavy atom. The topological polar surface area (TPSA) is 33.1 Å². The average Bonchev–Trinajstić information content (AvgIpc) is 2.54. The molecule has 118 valence electrons. The summed E-state index contributed by atoms with van der Waals surface area (Å²) in [5.41, 5.74) is 1.78. The van der Waals surface area contributed by atoms with Crippen LogP contribution in [0.25, 0.3) is 0 Å². The van der Waals surface area contributed by atoms with E-state index in [1.807, 2.05) is 60.7 Å². The maximum atomic E-state index is 7.75. The molecule has 0 bridgehead atoms.